The van der Waals surface area contributed by atoms with Crippen molar-refractivity contribution in [2.24, 2.45) is 5.92 Å². The second-order valence-corrected chi connectivity index (χ2v) is 4.24. The molecule has 3 atom stereocenters. The molecule has 1 aliphatic carbocycles. The van der Waals surface area contributed by atoms with Gasteiger partial charge in [0.25, 0.3) is 0 Å². The summed E-state index contributed by atoms with van der Waals surface area (Å²) in [6.45, 7) is 3.40. The van der Waals surface area contributed by atoms with E-state index in [0.29, 0.717) is 6.42 Å². The lowest BCUT2D eigenvalue weighted by Gasteiger charge is -2.30. The predicted octanol–water partition coefficient (Wildman–Crippen LogP) is 0.425. The van der Waals surface area contributed by atoms with Crippen LogP contribution >= 0.6 is 0 Å². The number of Topliss-reactive ketones (excluding diaryl/α,β-unsaturated/α-hetero) is 1. The molecular weight excluding hydrogens is 226 g/mol. The number of carbonyl (C=O) groups excluding carboxylic acids is 2. The third-order valence-electron chi connectivity index (χ3n) is 3.23. The molecule has 1 saturated carbocycles. The van der Waals surface area contributed by atoms with Gasteiger partial charge in [0.15, 0.2) is 5.78 Å². The van der Waals surface area contributed by atoms with Crippen molar-refractivity contribution in [3.63, 3.8) is 0 Å². The van der Waals surface area contributed by atoms with Gasteiger partial charge in [-0.3, -0.25) is 9.69 Å². The zero-order valence-corrected chi connectivity index (χ0v) is 9.17. The largest absolute Gasteiger partial charge is 0.480 e. The van der Waals surface area contributed by atoms with E-state index in [-0.39, 0.29) is 24.7 Å². The fourth-order valence-corrected chi connectivity index (χ4v) is 2.59. The first-order valence-corrected chi connectivity index (χ1v) is 5.37. The number of likely N-dealkylation sites (tertiary alicyclic amines) is 1. The number of carboxylic acids is 1. The Morgan fingerprint density at radius 1 is 1.59 bits per heavy atom. The molecular formula is C11H13NO5. The Kier molecular flexibility index (Phi) is 2.87. The van der Waals surface area contributed by atoms with Gasteiger partial charge >= 0.3 is 12.1 Å². The third kappa shape index (κ3) is 1.79. The highest BCUT2D eigenvalue weighted by Crippen LogP contribution is 2.40. The molecule has 2 fully saturated rings. The van der Waals surface area contributed by atoms with E-state index < -0.39 is 24.1 Å². The van der Waals surface area contributed by atoms with Crippen LogP contribution in [0.25, 0.3) is 0 Å². The molecule has 1 heterocycles. The van der Waals surface area contributed by atoms with Gasteiger partial charge in [0.1, 0.15) is 12.6 Å². The Bertz CT molecular complexity index is 391. The summed E-state index contributed by atoms with van der Waals surface area (Å²) in [6, 6.07) is -1.56. The predicted molar refractivity (Wildman–Crippen MR) is 56.3 cm³/mol. The normalized spacial score (nSPS) is 30.5. The van der Waals surface area contributed by atoms with Gasteiger partial charge in [0, 0.05) is 6.42 Å². The molecule has 0 unspecified atom stereocenters. The summed E-state index contributed by atoms with van der Waals surface area (Å²) < 4.78 is 4.81. The molecule has 0 aromatic rings. The molecule has 6 heteroatoms. The van der Waals surface area contributed by atoms with E-state index in [4.69, 9.17) is 9.84 Å². The summed E-state index contributed by atoms with van der Waals surface area (Å²) in [5.41, 5.74) is 0. The van der Waals surface area contributed by atoms with Crippen molar-refractivity contribution < 1.29 is 24.2 Å². The second-order valence-electron chi connectivity index (χ2n) is 4.24. The molecule has 0 radical (unpaired) electrons. The van der Waals surface area contributed by atoms with Crippen molar-refractivity contribution in [1.82, 2.24) is 4.90 Å². The number of carbonyl (C=O) groups is 3. The molecule has 2 rings (SSSR count). The topological polar surface area (TPSA) is 83.9 Å². The van der Waals surface area contributed by atoms with E-state index >= 15 is 0 Å². The average Bonchev–Trinajstić information content (AvgIpc) is 2.81. The monoisotopic (exact) mass is 239 g/mol. The van der Waals surface area contributed by atoms with E-state index in [1.54, 1.807) is 0 Å². The number of ether oxygens (including phenoxy) is 1. The van der Waals surface area contributed by atoms with Crippen LogP contribution < -0.4 is 0 Å². The van der Waals surface area contributed by atoms with Crippen LogP contribution in [0, 0.1) is 5.92 Å². The summed E-state index contributed by atoms with van der Waals surface area (Å²) in [7, 11) is 0. The first-order valence-electron chi connectivity index (χ1n) is 5.37. The summed E-state index contributed by atoms with van der Waals surface area (Å²) >= 11 is 0. The zero-order valence-electron chi connectivity index (χ0n) is 9.17. The summed E-state index contributed by atoms with van der Waals surface area (Å²) in [6.07, 6.45) is 1.31. The lowest BCUT2D eigenvalue weighted by atomic mass is 9.99. The SMILES string of the molecule is C=CCOC(=O)N1[C@H](C(=O)O)[C@H]2CC(=O)[C@@H]1C2. The molecule has 17 heavy (non-hydrogen) atoms. The summed E-state index contributed by atoms with van der Waals surface area (Å²) in [5.74, 6) is -1.44. The van der Waals surface area contributed by atoms with E-state index in [1.807, 2.05) is 0 Å². The van der Waals surface area contributed by atoms with Gasteiger partial charge in [0.2, 0.25) is 0 Å². The highest BCUT2D eigenvalue weighted by Gasteiger charge is 2.56. The number of ketones is 1. The van der Waals surface area contributed by atoms with Crippen LogP contribution in [0.2, 0.25) is 0 Å². The van der Waals surface area contributed by atoms with Crippen LogP contribution in [-0.4, -0.2) is 46.5 Å². The number of hydrogen-bond donors (Lipinski definition) is 1. The smallest absolute Gasteiger partial charge is 0.411 e. The van der Waals surface area contributed by atoms with Crippen molar-refractivity contribution in [1.29, 1.82) is 0 Å². The molecule has 1 N–H and O–H groups in total. The third-order valence-corrected chi connectivity index (χ3v) is 3.23. The first-order chi connectivity index (χ1) is 8.06. The second kappa shape index (κ2) is 4.20. The van der Waals surface area contributed by atoms with Gasteiger partial charge in [0.05, 0.1) is 6.04 Å². The highest BCUT2D eigenvalue weighted by molar-refractivity contribution is 5.95. The summed E-state index contributed by atoms with van der Waals surface area (Å²) in [4.78, 5) is 35.4. The first kappa shape index (κ1) is 11.6. The summed E-state index contributed by atoms with van der Waals surface area (Å²) in [5, 5.41) is 9.09. The van der Waals surface area contributed by atoms with E-state index in [2.05, 4.69) is 6.58 Å². The van der Waals surface area contributed by atoms with Gasteiger partial charge < -0.3 is 9.84 Å². The lowest BCUT2D eigenvalue weighted by molar-refractivity contribution is -0.145. The molecule has 2 aliphatic rings. The number of nitrogens with zero attached hydrogens (tertiary/aromatic N) is 1. The van der Waals surface area contributed by atoms with Crippen molar-refractivity contribution in [2.45, 2.75) is 24.9 Å². The number of aliphatic carboxylic acids is 1. The molecule has 6 nitrogen and oxygen atoms in total. The Morgan fingerprint density at radius 3 is 2.88 bits per heavy atom. The molecule has 0 spiro atoms. The average molecular weight is 239 g/mol. The quantitative estimate of drug-likeness (QED) is 0.722. The van der Waals surface area contributed by atoms with E-state index in [1.165, 1.54) is 6.08 Å². The van der Waals surface area contributed by atoms with Crippen LogP contribution in [0.15, 0.2) is 12.7 Å². The van der Waals surface area contributed by atoms with Crippen molar-refractivity contribution in [3.05, 3.63) is 12.7 Å². The van der Waals surface area contributed by atoms with Gasteiger partial charge in [-0.25, -0.2) is 9.59 Å². The molecule has 1 aliphatic heterocycles. The standard InChI is InChI=1S/C11H13NO5/c1-2-3-17-11(16)12-7-4-6(5-8(7)13)9(12)10(14)15/h2,6-7,9H,1,3-5H2,(H,14,15)/t6-,7+,9+/m1/s1. The number of carboxylic acid groups (broad SMARTS) is 1. The maximum absolute atomic E-state index is 11.7. The van der Waals surface area contributed by atoms with Crippen LogP contribution in [0.4, 0.5) is 4.79 Å². The van der Waals surface area contributed by atoms with Crippen molar-refractivity contribution in [3.8, 4) is 0 Å². The highest BCUT2D eigenvalue weighted by atomic mass is 16.6. The fraction of sp³-hybridized carbons (Fsp3) is 0.545. The van der Waals surface area contributed by atoms with Gasteiger partial charge in [-0.2, -0.15) is 0 Å². The Balaban J connectivity index is 2.17. The van der Waals surface area contributed by atoms with E-state index in [0.717, 1.165) is 4.90 Å². The Morgan fingerprint density at radius 2 is 2.29 bits per heavy atom. The van der Waals surface area contributed by atoms with Crippen molar-refractivity contribution >= 4 is 17.8 Å². The van der Waals surface area contributed by atoms with Crippen LogP contribution in [0.3, 0.4) is 0 Å². The molecule has 0 aromatic carbocycles. The van der Waals surface area contributed by atoms with Crippen LogP contribution in [-0.2, 0) is 14.3 Å². The lowest BCUT2D eigenvalue weighted by Crippen LogP contribution is -2.52. The minimum atomic E-state index is -1.08. The number of fused-ring (bicyclic) bond motifs is 2. The molecule has 2 bridgehead atoms. The van der Waals surface area contributed by atoms with Gasteiger partial charge in [-0.1, -0.05) is 12.7 Å². The number of piperidine rings is 1. The minimum absolute atomic E-state index is 0.00719. The number of hydrogen-bond acceptors (Lipinski definition) is 4. The van der Waals surface area contributed by atoms with Crippen LogP contribution in [0.1, 0.15) is 12.8 Å². The number of rotatable bonds is 3. The number of amides is 1. The van der Waals surface area contributed by atoms with Crippen molar-refractivity contribution in [2.75, 3.05) is 6.61 Å². The minimum Gasteiger partial charge on any atom is -0.480 e. The Hall–Kier alpha value is -1.85. The maximum atomic E-state index is 11.7. The Labute approximate surface area is 97.8 Å². The van der Waals surface area contributed by atoms with Gasteiger partial charge in [-0.05, 0) is 12.3 Å². The fourth-order valence-electron chi connectivity index (χ4n) is 2.59. The van der Waals surface area contributed by atoms with Crippen LogP contribution in [0.5, 0.6) is 0 Å². The molecule has 92 valence electrons. The zero-order chi connectivity index (χ0) is 12.6. The maximum Gasteiger partial charge on any atom is 0.411 e. The molecule has 1 saturated heterocycles. The molecule has 0 aromatic heterocycles. The molecule has 1 amide bonds. The van der Waals surface area contributed by atoms with E-state index in [9.17, 15) is 14.4 Å². The van der Waals surface area contributed by atoms with Gasteiger partial charge in [-0.15, -0.1) is 0 Å².